The number of hydrogen-bond donors (Lipinski definition) is 1. The molecule has 0 spiro atoms. The molecule has 8 nitrogen and oxygen atoms in total. The number of carbonyl (C=O) groups is 1. The molecule has 1 aliphatic heterocycles. The third-order valence-corrected chi connectivity index (χ3v) is 6.02. The Bertz CT molecular complexity index is 1170. The van der Waals surface area contributed by atoms with Gasteiger partial charge in [-0.2, -0.15) is 5.10 Å². The summed E-state index contributed by atoms with van der Waals surface area (Å²) in [6.45, 7) is 1.99. The summed E-state index contributed by atoms with van der Waals surface area (Å²) in [5.41, 5.74) is 3.67. The molecule has 150 valence electrons. The minimum absolute atomic E-state index is 0.0606. The third kappa shape index (κ3) is 4.19. The number of pyridine rings is 2. The Morgan fingerprint density at radius 3 is 2.76 bits per heavy atom. The highest BCUT2D eigenvalue weighted by Gasteiger charge is 2.23. The highest BCUT2D eigenvalue weighted by Crippen LogP contribution is 2.31. The largest absolute Gasteiger partial charge is 0.310 e. The molecule has 0 saturated carbocycles. The van der Waals surface area contributed by atoms with Gasteiger partial charge in [0.15, 0.2) is 5.82 Å². The van der Waals surface area contributed by atoms with Gasteiger partial charge in [0.25, 0.3) is 0 Å². The van der Waals surface area contributed by atoms with Gasteiger partial charge in [0, 0.05) is 36.0 Å². The zero-order valence-electron chi connectivity index (χ0n) is 16.2. The van der Waals surface area contributed by atoms with Crippen LogP contribution in [0, 0.1) is 0 Å². The summed E-state index contributed by atoms with van der Waals surface area (Å²) in [5.74, 6) is 1.46. The Hall–Kier alpha value is -3.07. The van der Waals surface area contributed by atoms with Gasteiger partial charge in [-0.1, -0.05) is 13.0 Å². The van der Waals surface area contributed by atoms with Crippen molar-refractivity contribution < 1.29 is 13.2 Å². The molecule has 3 aromatic heterocycles. The van der Waals surface area contributed by atoms with Gasteiger partial charge in [0.1, 0.15) is 15.7 Å². The maximum Gasteiger partial charge on any atom is 0.230 e. The summed E-state index contributed by atoms with van der Waals surface area (Å²) in [5, 5.41) is 7.15. The first-order chi connectivity index (χ1) is 13.8. The Labute approximate surface area is 168 Å². The first-order valence-electron chi connectivity index (χ1n) is 9.27. The molecule has 0 bridgehead atoms. The molecule has 0 aromatic carbocycles. The van der Waals surface area contributed by atoms with E-state index in [0.29, 0.717) is 24.5 Å². The average Bonchev–Trinajstić information content (AvgIpc) is 3.31. The molecule has 4 rings (SSSR count). The molecule has 1 unspecified atom stereocenters. The Kier molecular flexibility index (Phi) is 4.91. The van der Waals surface area contributed by atoms with Crippen LogP contribution in [0.2, 0.25) is 0 Å². The maximum absolute atomic E-state index is 11.7. The van der Waals surface area contributed by atoms with Crippen LogP contribution in [0.1, 0.15) is 30.4 Å². The number of aromatic nitrogens is 4. The number of amides is 1. The number of nitrogens with one attached hydrogen (secondary N) is 1. The van der Waals surface area contributed by atoms with Crippen molar-refractivity contribution in [2.45, 2.75) is 25.7 Å². The van der Waals surface area contributed by atoms with E-state index in [2.05, 4.69) is 20.4 Å². The molecule has 0 fully saturated rings. The molecule has 0 saturated heterocycles. The minimum Gasteiger partial charge on any atom is -0.310 e. The van der Waals surface area contributed by atoms with Crippen LogP contribution in [0.15, 0.2) is 43.0 Å². The molecule has 0 aliphatic carbocycles. The summed E-state index contributed by atoms with van der Waals surface area (Å²) in [7, 11) is -2.97. The lowest BCUT2D eigenvalue weighted by molar-refractivity contribution is -0.115. The van der Waals surface area contributed by atoms with Crippen molar-refractivity contribution in [1.82, 2.24) is 19.7 Å². The van der Waals surface area contributed by atoms with Crippen molar-refractivity contribution in [1.29, 1.82) is 0 Å². The number of hydrogen-bond acceptors (Lipinski definition) is 6. The summed E-state index contributed by atoms with van der Waals surface area (Å²) < 4.78 is 24.4. The van der Waals surface area contributed by atoms with Crippen LogP contribution in [-0.4, -0.2) is 46.1 Å². The lowest BCUT2D eigenvalue weighted by Crippen LogP contribution is -2.07. The maximum atomic E-state index is 11.7. The van der Waals surface area contributed by atoms with Crippen LogP contribution in [0.25, 0.3) is 16.9 Å². The number of nitrogens with zero attached hydrogens (tertiary/aromatic N) is 4. The van der Waals surface area contributed by atoms with Gasteiger partial charge < -0.3 is 5.32 Å². The topological polar surface area (TPSA) is 107 Å². The van der Waals surface area contributed by atoms with Gasteiger partial charge in [0.2, 0.25) is 5.91 Å². The fourth-order valence-corrected chi connectivity index (χ4v) is 4.14. The predicted molar refractivity (Wildman–Crippen MR) is 110 cm³/mol. The number of sulfone groups is 1. The van der Waals surface area contributed by atoms with Crippen molar-refractivity contribution in [3.8, 4) is 16.9 Å². The van der Waals surface area contributed by atoms with Gasteiger partial charge >= 0.3 is 0 Å². The standard InChI is InChI=1S/C20H21N5O3S/c1-13(6-8-29(2,27)28)14-3-4-18(22-10-14)25-12-15(11-23-25)16-5-7-21-20-17(16)9-19(26)24-20/h3-5,7,10-13H,6,8-9H2,1-2H3,(H,21,24,26). The van der Waals surface area contributed by atoms with E-state index in [1.165, 1.54) is 6.26 Å². The van der Waals surface area contributed by atoms with Crippen molar-refractivity contribution in [2.24, 2.45) is 0 Å². The van der Waals surface area contributed by atoms with Gasteiger partial charge in [-0.05, 0) is 35.6 Å². The van der Waals surface area contributed by atoms with E-state index in [9.17, 15) is 13.2 Å². The number of anilines is 1. The Morgan fingerprint density at radius 2 is 2.03 bits per heavy atom. The molecule has 1 atom stereocenters. The smallest absolute Gasteiger partial charge is 0.230 e. The highest BCUT2D eigenvalue weighted by molar-refractivity contribution is 7.90. The Balaban J connectivity index is 1.54. The van der Waals surface area contributed by atoms with Crippen molar-refractivity contribution in [3.05, 3.63) is 54.1 Å². The van der Waals surface area contributed by atoms with E-state index >= 15 is 0 Å². The molecule has 29 heavy (non-hydrogen) atoms. The average molecular weight is 411 g/mol. The first-order valence-corrected chi connectivity index (χ1v) is 11.3. The Morgan fingerprint density at radius 1 is 1.21 bits per heavy atom. The molecular formula is C20H21N5O3S. The van der Waals surface area contributed by atoms with Crippen molar-refractivity contribution in [2.75, 3.05) is 17.3 Å². The fourth-order valence-electron chi connectivity index (χ4n) is 3.36. The zero-order valence-corrected chi connectivity index (χ0v) is 17.0. The monoisotopic (exact) mass is 411 g/mol. The molecule has 9 heteroatoms. The van der Waals surface area contributed by atoms with Crippen molar-refractivity contribution in [3.63, 3.8) is 0 Å². The number of rotatable bonds is 6. The first kappa shape index (κ1) is 19.3. The van der Waals surface area contributed by atoms with E-state index < -0.39 is 9.84 Å². The third-order valence-electron chi connectivity index (χ3n) is 5.04. The molecule has 0 radical (unpaired) electrons. The van der Waals surface area contributed by atoms with Crippen LogP contribution in [-0.2, 0) is 21.1 Å². The zero-order chi connectivity index (χ0) is 20.6. The summed E-state index contributed by atoms with van der Waals surface area (Å²) in [6, 6.07) is 5.69. The quantitative estimate of drug-likeness (QED) is 0.667. The molecule has 1 N–H and O–H groups in total. The summed E-state index contributed by atoms with van der Waals surface area (Å²) in [6.07, 6.45) is 9.16. The van der Waals surface area contributed by atoms with Gasteiger partial charge in [-0.15, -0.1) is 0 Å². The van der Waals surface area contributed by atoms with E-state index in [-0.39, 0.29) is 17.6 Å². The predicted octanol–water partition coefficient (Wildman–Crippen LogP) is 2.36. The van der Waals surface area contributed by atoms with E-state index in [4.69, 9.17) is 0 Å². The lowest BCUT2D eigenvalue weighted by Gasteiger charge is -2.11. The molecule has 4 heterocycles. The van der Waals surface area contributed by atoms with Gasteiger partial charge in [0.05, 0.1) is 18.4 Å². The second-order valence-electron chi connectivity index (χ2n) is 7.35. The van der Waals surface area contributed by atoms with E-state index in [1.54, 1.807) is 23.3 Å². The SMILES string of the molecule is CC(CCS(C)(=O)=O)c1ccc(-n2cc(-c3ccnc4c3CC(=O)N4)cn2)nc1. The highest BCUT2D eigenvalue weighted by atomic mass is 32.2. The van der Waals surface area contributed by atoms with Crippen LogP contribution in [0.4, 0.5) is 5.82 Å². The fraction of sp³-hybridized carbons (Fsp3) is 0.300. The van der Waals surface area contributed by atoms with Crippen LogP contribution < -0.4 is 5.32 Å². The second-order valence-corrected chi connectivity index (χ2v) is 9.61. The van der Waals surface area contributed by atoms with Crippen molar-refractivity contribution >= 4 is 21.6 Å². The molecule has 1 aliphatic rings. The van der Waals surface area contributed by atoms with Gasteiger partial charge in [-0.25, -0.2) is 23.1 Å². The number of fused-ring (bicyclic) bond motifs is 1. The molecular weight excluding hydrogens is 390 g/mol. The van der Waals surface area contributed by atoms with E-state index in [0.717, 1.165) is 22.3 Å². The van der Waals surface area contributed by atoms with Crippen LogP contribution >= 0.6 is 0 Å². The minimum atomic E-state index is -2.97. The second kappa shape index (κ2) is 7.40. The normalized spacial score (nSPS) is 14.5. The molecule has 3 aromatic rings. The summed E-state index contributed by atoms with van der Waals surface area (Å²) in [4.78, 5) is 20.4. The molecule has 1 amide bonds. The van der Waals surface area contributed by atoms with Gasteiger partial charge in [-0.3, -0.25) is 4.79 Å². The van der Waals surface area contributed by atoms with E-state index in [1.807, 2.05) is 31.3 Å². The lowest BCUT2D eigenvalue weighted by atomic mass is 10.0. The summed E-state index contributed by atoms with van der Waals surface area (Å²) >= 11 is 0. The number of carbonyl (C=O) groups excluding carboxylic acids is 1. The van der Waals surface area contributed by atoms with Crippen LogP contribution in [0.3, 0.4) is 0 Å². The van der Waals surface area contributed by atoms with Crippen LogP contribution in [0.5, 0.6) is 0 Å².